The SMILES string of the molecule is CCc1ccc(CN2CCN(C(=O)C3CCc4n[nH]nc4C3)CC2)s1. The van der Waals surface area contributed by atoms with Gasteiger partial charge in [0.2, 0.25) is 5.91 Å². The molecule has 0 spiro atoms. The zero-order valence-electron chi connectivity index (χ0n) is 14.7. The summed E-state index contributed by atoms with van der Waals surface area (Å²) < 4.78 is 0. The summed E-state index contributed by atoms with van der Waals surface area (Å²) in [6, 6.07) is 4.49. The number of nitrogens with zero attached hydrogens (tertiary/aromatic N) is 4. The van der Waals surface area contributed by atoms with Crippen LogP contribution in [0.4, 0.5) is 0 Å². The average Bonchev–Trinajstić information content (AvgIpc) is 3.30. The first-order valence-electron chi connectivity index (χ1n) is 9.20. The second kappa shape index (κ2) is 7.25. The molecule has 2 aliphatic rings. The van der Waals surface area contributed by atoms with Crippen molar-refractivity contribution in [1.29, 1.82) is 0 Å². The van der Waals surface area contributed by atoms with Gasteiger partial charge in [0.15, 0.2) is 0 Å². The van der Waals surface area contributed by atoms with Gasteiger partial charge >= 0.3 is 0 Å². The molecule has 1 amide bonds. The number of hydrogen-bond acceptors (Lipinski definition) is 5. The van der Waals surface area contributed by atoms with Crippen molar-refractivity contribution in [2.75, 3.05) is 26.2 Å². The molecule has 3 heterocycles. The quantitative estimate of drug-likeness (QED) is 0.905. The fourth-order valence-electron chi connectivity index (χ4n) is 3.80. The van der Waals surface area contributed by atoms with E-state index in [1.165, 1.54) is 9.75 Å². The zero-order valence-corrected chi connectivity index (χ0v) is 15.5. The van der Waals surface area contributed by atoms with E-state index in [0.717, 1.165) is 69.8 Å². The first-order valence-corrected chi connectivity index (χ1v) is 10.0. The topological polar surface area (TPSA) is 65.1 Å². The molecule has 0 saturated carbocycles. The number of carbonyl (C=O) groups is 1. The van der Waals surface area contributed by atoms with Crippen molar-refractivity contribution >= 4 is 17.2 Å². The summed E-state index contributed by atoms with van der Waals surface area (Å²) in [5.74, 6) is 0.381. The Morgan fingerprint density at radius 1 is 1.20 bits per heavy atom. The van der Waals surface area contributed by atoms with E-state index in [4.69, 9.17) is 0 Å². The van der Waals surface area contributed by atoms with Gasteiger partial charge < -0.3 is 4.90 Å². The van der Waals surface area contributed by atoms with Gasteiger partial charge in [-0.1, -0.05) is 6.92 Å². The molecule has 1 aliphatic carbocycles. The van der Waals surface area contributed by atoms with Crippen LogP contribution in [0.5, 0.6) is 0 Å². The van der Waals surface area contributed by atoms with Gasteiger partial charge in [-0.25, -0.2) is 0 Å². The molecular formula is C18H25N5OS. The highest BCUT2D eigenvalue weighted by atomic mass is 32.1. The maximum Gasteiger partial charge on any atom is 0.226 e. The number of aryl methyl sites for hydroxylation is 2. The van der Waals surface area contributed by atoms with Crippen molar-refractivity contribution in [3.8, 4) is 0 Å². The van der Waals surface area contributed by atoms with E-state index in [1.54, 1.807) is 0 Å². The van der Waals surface area contributed by atoms with Crippen molar-refractivity contribution in [3.05, 3.63) is 33.3 Å². The molecule has 0 radical (unpaired) electrons. The fraction of sp³-hybridized carbons (Fsp3) is 0.611. The molecule has 134 valence electrons. The van der Waals surface area contributed by atoms with Gasteiger partial charge in [0, 0.05) is 54.8 Å². The second-order valence-corrected chi connectivity index (χ2v) is 8.23. The number of nitrogens with one attached hydrogen (secondary N) is 1. The summed E-state index contributed by atoms with van der Waals surface area (Å²) in [6.07, 6.45) is 3.61. The van der Waals surface area contributed by atoms with E-state index in [1.807, 2.05) is 11.3 Å². The van der Waals surface area contributed by atoms with Crippen LogP contribution in [0, 0.1) is 5.92 Å². The van der Waals surface area contributed by atoms with Crippen molar-refractivity contribution in [3.63, 3.8) is 0 Å². The van der Waals surface area contributed by atoms with E-state index >= 15 is 0 Å². The molecule has 1 fully saturated rings. The Balaban J connectivity index is 1.29. The van der Waals surface area contributed by atoms with Crippen LogP contribution in [-0.2, 0) is 30.6 Å². The number of aromatic nitrogens is 3. The lowest BCUT2D eigenvalue weighted by Gasteiger charge is -2.36. The highest BCUT2D eigenvalue weighted by molar-refractivity contribution is 7.11. The summed E-state index contributed by atoms with van der Waals surface area (Å²) in [4.78, 5) is 20.2. The van der Waals surface area contributed by atoms with E-state index in [9.17, 15) is 4.79 Å². The number of hydrogen-bond donors (Lipinski definition) is 1. The van der Waals surface area contributed by atoms with E-state index in [-0.39, 0.29) is 5.92 Å². The molecule has 25 heavy (non-hydrogen) atoms. The maximum atomic E-state index is 12.8. The average molecular weight is 359 g/mol. The third-order valence-corrected chi connectivity index (χ3v) is 6.57. The van der Waals surface area contributed by atoms with E-state index in [2.05, 4.69) is 44.3 Å². The minimum Gasteiger partial charge on any atom is -0.340 e. The number of aromatic amines is 1. The summed E-state index contributed by atoms with van der Waals surface area (Å²) >= 11 is 1.91. The lowest BCUT2D eigenvalue weighted by molar-refractivity contribution is -0.137. The summed E-state index contributed by atoms with van der Waals surface area (Å²) in [6.45, 7) is 6.83. The molecule has 7 heteroatoms. The third kappa shape index (κ3) is 3.62. The molecule has 1 aliphatic heterocycles. The molecule has 4 rings (SSSR count). The summed E-state index contributed by atoms with van der Waals surface area (Å²) in [5.41, 5.74) is 2.02. The molecule has 0 aromatic carbocycles. The Hall–Kier alpha value is -1.73. The second-order valence-electron chi connectivity index (χ2n) is 6.98. The van der Waals surface area contributed by atoms with Crippen molar-refractivity contribution in [2.45, 2.75) is 39.2 Å². The number of carbonyl (C=O) groups excluding carboxylic acids is 1. The number of piperazine rings is 1. The number of thiophene rings is 1. The molecule has 1 N–H and O–H groups in total. The Kier molecular flexibility index (Phi) is 4.85. The Morgan fingerprint density at radius 3 is 2.72 bits per heavy atom. The van der Waals surface area contributed by atoms with Gasteiger partial charge in [-0.2, -0.15) is 15.4 Å². The number of H-pyrrole nitrogens is 1. The molecule has 2 aromatic heterocycles. The minimum absolute atomic E-state index is 0.0774. The van der Waals surface area contributed by atoms with Crippen molar-refractivity contribution in [2.24, 2.45) is 5.92 Å². The van der Waals surface area contributed by atoms with Gasteiger partial charge in [0.25, 0.3) is 0 Å². The first kappa shape index (κ1) is 16.7. The normalized spacial score (nSPS) is 21.3. The highest BCUT2D eigenvalue weighted by Gasteiger charge is 2.31. The predicted molar refractivity (Wildman–Crippen MR) is 97.5 cm³/mol. The van der Waals surface area contributed by atoms with Crippen LogP contribution >= 0.6 is 11.3 Å². The molecule has 6 nitrogen and oxygen atoms in total. The van der Waals surface area contributed by atoms with Crippen LogP contribution in [0.25, 0.3) is 0 Å². The predicted octanol–water partition coefficient (Wildman–Crippen LogP) is 1.88. The molecule has 1 atom stereocenters. The Bertz CT molecular complexity index is 731. The number of amides is 1. The minimum atomic E-state index is 0.0774. The van der Waals surface area contributed by atoms with E-state index in [0.29, 0.717) is 5.91 Å². The fourth-order valence-corrected chi connectivity index (χ4v) is 4.80. The molecule has 1 saturated heterocycles. The molecule has 1 unspecified atom stereocenters. The molecule has 2 aromatic rings. The molecule has 0 bridgehead atoms. The standard InChI is InChI=1S/C18H25N5OS/c1-2-14-4-5-15(25-14)12-22-7-9-23(10-8-22)18(24)13-3-6-16-17(11-13)20-21-19-16/h4-5,13H,2-3,6-12H2,1H3,(H,19,20,21). The first-order chi connectivity index (χ1) is 12.2. The van der Waals surface area contributed by atoms with Gasteiger partial charge in [0.05, 0.1) is 11.4 Å². The Morgan fingerprint density at radius 2 is 1.96 bits per heavy atom. The summed E-state index contributed by atoms with van der Waals surface area (Å²) in [5, 5.41) is 11.0. The van der Waals surface area contributed by atoms with Gasteiger partial charge in [0.1, 0.15) is 0 Å². The van der Waals surface area contributed by atoms with Crippen LogP contribution in [0.2, 0.25) is 0 Å². The van der Waals surface area contributed by atoms with Crippen molar-refractivity contribution in [1.82, 2.24) is 25.2 Å². The van der Waals surface area contributed by atoms with Gasteiger partial charge in [-0.15, -0.1) is 11.3 Å². The zero-order chi connectivity index (χ0) is 17.2. The maximum absolute atomic E-state index is 12.8. The van der Waals surface area contributed by atoms with Crippen LogP contribution in [-0.4, -0.2) is 57.3 Å². The Labute approximate surface area is 152 Å². The van der Waals surface area contributed by atoms with Crippen LogP contribution < -0.4 is 0 Å². The molecular weight excluding hydrogens is 334 g/mol. The highest BCUT2D eigenvalue weighted by Crippen LogP contribution is 2.25. The van der Waals surface area contributed by atoms with Crippen LogP contribution in [0.3, 0.4) is 0 Å². The number of rotatable bonds is 4. The lowest BCUT2D eigenvalue weighted by Crippen LogP contribution is -2.50. The van der Waals surface area contributed by atoms with Crippen LogP contribution in [0.1, 0.15) is 34.5 Å². The van der Waals surface area contributed by atoms with Crippen molar-refractivity contribution < 1.29 is 4.79 Å². The lowest BCUT2D eigenvalue weighted by atomic mass is 9.88. The number of fused-ring (bicyclic) bond motifs is 1. The van der Waals surface area contributed by atoms with Crippen LogP contribution in [0.15, 0.2) is 12.1 Å². The third-order valence-electron chi connectivity index (χ3n) is 5.35. The van der Waals surface area contributed by atoms with Gasteiger partial charge in [-0.05, 0) is 31.4 Å². The largest absolute Gasteiger partial charge is 0.340 e. The van der Waals surface area contributed by atoms with E-state index < -0.39 is 0 Å². The van der Waals surface area contributed by atoms with Gasteiger partial charge in [-0.3, -0.25) is 9.69 Å². The smallest absolute Gasteiger partial charge is 0.226 e. The monoisotopic (exact) mass is 359 g/mol. The summed E-state index contributed by atoms with van der Waals surface area (Å²) in [7, 11) is 0.